The van der Waals surface area contributed by atoms with Crippen LogP contribution in [0, 0.1) is 0 Å². The Labute approximate surface area is 360 Å². The van der Waals surface area contributed by atoms with E-state index in [0.717, 1.165) is 72.3 Å². The number of hydrogen-bond acceptors (Lipinski definition) is 3. The summed E-state index contributed by atoms with van der Waals surface area (Å²) in [6.45, 7) is 0. The maximum atomic E-state index is 6.10. The lowest BCUT2D eigenvalue weighted by Gasteiger charge is -2.34. The number of hydrogen-bond donors (Lipinski definition) is 0. The number of rotatable bonds is 7. The van der Waals surface area contributed by atoms with Crippen molar-refractivity contribution in [2.75, 3.05) is 0 Å². The van der Waals surface area contributed by atoms with Gasteiger partial charge < -0.3 is 4.42 Å². The average molecular weight is 791 g/mol. The molecule has 1 aliphatic carbocycles. The van der Waals surface area contributed by atoms with Crippen molar-refractivity contribution in [1.29, 1.82) is 0 Å². The predicted octanol–water partition coefficient (Wildman–Crippen LogP) is 15.1. The van der Waals surface area contributed by atoms with Crippen molar-refractivity contribution in [3.63, 3.8) is 0 Å². The molecule has 0 spiro atoms. The maximum absolute atomic E-state index is 6.10. The van der Waals surface area contributed by atoms with E-state index < -0.39 is 5.41 Å². The zero-order valence-corrected chi connectivity index (χ0v) is 33.7. The van der Waals surface area contributed by atoms with Crippen LogP contribution in [0.15, 0.2) is 235 Å². The van der Waals surface area contributed by atoms with Gasteiger partial charge in [-0.05, 0) is 92.0 Å². The van der Waals surface area contributed by atoms with Gasteiger partial charge in [0.25, 0.3) is 0 Å². The molecule has 2 heterocycles. The van der Waals surface area contributed by atoms with Crippen LogP contribution in [0.1, 0.15) is 22.3 Å². The fraction of sp³-hybridized carbons (Fsp3) is 0.0169. The number of para-hydroxylation sites is 1. The molecule has 3 heteroatoms. The van der Waals surface area contributed by atoms with E-state index in [-0.39, 0.29) is 0 Å². The monoisotopic (exact) mass is 790 g/mol. The summed E-state index contributed by atoms with van der Waals surface area (Å²) in [7, 11) is 0. The van der Waals surface area contributed by atoms with Gasteiger partial charge in [0.15, 0.2) is 5.82 Å². The zero-order chi connectivity index (χ0) is 41.0. The van der Waals surface area contributed by atoms with Crippen LogP contribution in [0.25, 0.3) is 89.2 Å². The first-order valence-electron chi connectivity index (χ1n) is 21.1. The van der Waals surface area contributed by atoms with Crippen molar-refractivity contribution in [2.24, 2.45) is 0 Å². The molecule has 1 aliphatic rings. The second kappa shape index (κ2) is 14.5. The van der Waals surface area contributed by atoms with Crippen LogP contribution in [0.3, 0.4) is 0 Å². The topological polar surface area (TPSA) is 38.9 Å². The van der Waals surface area contributed by atoms with Gasteiger partial charge in [-0.3, -0.25) is 0 Å². The highest BCUT2D eigenvalue weighted by Gasteiger charge is 2.45. The molecule has 0 fully saturated rings. The molecule has 12 rings (SSSR count). The fourth-order valence-corrected chi connectivity index (χ4v) is 9.70. The van der Waals surface area contributed by atoms with E-state index in [2.05, 4.69) is 200 Å². The molecule has 62 heavy (non-hydrogen) atoms. The summed E-state index contributed by atoms with van der Waals surface area (Å²) in [5.74, 6) is 0.690. The van der Waals surface area contributed by atoms with Gasteiger partial charge in [-0.25, -0.2) is 9.97 Å². The molecular formula is C59H38N2O. The molecule has 0 saturated heterocycles. The third-order valence-electron chi connectivity index (χ3n) is 12.6. The van der Waals surface area contributed by atoms with Gasteiger partial charge in [0.1, 0.15) is 11.2 Å². The molecule has 290 valence electrons. The highest BCUT2D eigenvalue weighted by molar-refractivity contribution is 6.06. The molecule has 0 aliphatic heterocycles. The molecule has 0 N–H and O–H groups in total. The van der Waals surface area contributed by atoms with Crippen LogP contribution in [-0.4, -0.2) is 9.97 Å². The van der Waals surface area contributed by atoms with Crippen LogP contribution < -0.4 is 0 Å². The van der Waals surface area contributed by atoms with Gasteiger partial charge in [-0.15, -0.1) is 0 Å². The zero-order valence-electron chi connectivity index (χ0n) is 33.7. The normalized spacial score (nSPS) is 12.6. The summed E-state index contributed by atoms with van der Waals surface area (Å²) in [5, 5.41) is 2.25. The van der Waals surface area contributed by atoms with E-state index in [1.807, 2.05) is 30.3 Å². The third-order valence-corrected chi connectivity index (χ3v) is 12.6. The van der Waals surface area contributed by atoms with Crippen LogP contribution in [0.4, 0.5) is 0 Å². The Morgan fingerprint density at radius 3 is 1.58 bits per heavy atom. The fourth-order valence-electron chi connectivity index (χ4n) is 9.70. The predicted molar refractivity (Wildman–Crippen MR) is 254 cm³/mol. The summed E-state index contributed by atoms with van der Waals surface area (Å²) >= 11 is 0. The average Bonchev–Trinajstić information content (AvgIpc) is 3.88. The molecule has 0 saturated carbocycles. The Hall–Kier alpha value is -8.14. The Bertz CT molecular complexity index is 3410. The molecule has 2 aromatic heterocycles. The summed E-state index contributed by atoms with van der Waals surface area (Å²) in [4.78, 5) is 10.4. The molecule has 3 nitrogen and oxygen atoms in total. The second-order valence-electron chi connectivity index (χ2n) is 16.1. The van der Waals surface area contributed by atoms with E-state index >= 15 is 0 Å². The van der Waals surface area contributed by atoms with Gasteiger partial charge in [0, 0.05) is 27.5 Å². The summed E-state index contributed by atoms with van der Waals surface area (Å²) in [6, 6.07) is 82.4. The van der Waals surface area contributed by atoms with Gasteiger partial charge >= 0.3 is 0 Å². The van der Waals surface area contributed by atoms with E-state index in [0.29, 0.717) is 5.82 Å². The van der Waals surface area contributed by atoms with Gasteiger partial charge in [0.05, 0.1) is 16.8 Å². The van der Waals surface area contributed by atoms with E-state index in [1.165, 1.54) is 33.4 Å². The standard InChI is InChI=1S/C59H38N2O/c1-3-15-41(16-4-1)58-60-54(40-31-29-39(30-32-40)44-33-34-57-51(37-44)50-25-9-12-28-56(50)62-57)38-55(61-58)45-19-13-17-42(35-45)43-18-14-22-47(36-43)59(46-20-5-2-6-21-46)52-26-10-7-23-48(52)49-24-8-11-27-53(49)59/h1-38H. The molecule has 9 aromatic carbocycles. The van der Waals surface area contributed by atoms with E-state index in [9.17, 15) is 0 Å². The molecule has 0 radical (unpaired) electrons. The number of furan rings is 1. The van der Waals surface area contributed by atoms with Crippen molar-refractivity contribution in [1.82, 2.24) is 9.97 Å². The highest BCUT2D eigenvalue weighted by Crippen LogP contribution is 2.56. The summed E-state index contributed by atoms with van der Waals surface area (Å²) in [6.07, 6.45) is 0. The van der Waals surface area contributed by atoms with Crippen LogP contribution in [-0.2, 0) is 5.41 Å². The molecule has 0 amide bonds. The maximum Gasteiger partial charge on any atom is 0.160 e. The van der Waals surface area contributed by atoms with Crippen LogP contribution >= 0.6 is 0 Å². The van der Waals surface area contributed by atoms with Gasteiger partial charge in [0.2, 0.25) is 0 Å². The third kappa shape index (κ3) is 5.82. The Morgan fingerprint density at radius 2 is 0.823 bits per heavy atom. The van der Waals surface area contributed by atoms with E-state index in [4.69, 9.17) is 14.4 Å². The van der Waals surface area contributed by atoms with Crippen molar-refractivity contribution in [3.8, 4) is 67.3 Å². The molecule has 11 aromatic rings. The lowest BCUT2D eigenvalue weighted by atomic mass is 9.67. The Balaban J connectivity index is 0.948. The summed E-state index contributed by atoms with van der Waals surface area (Å²) < 4.78 is 6.10. The lowest BCUT2D eigenvalue weighted by molar-refractivity contribution is 0.669. The Kier molecular flexibility index (Phi) is 8.39. The SMILES string of the molecule is c1ccc(-c2nc(-c3ccc(-c4ccc5oc6ccccc6c5c4)cc3)cc(-c3cccc(-c4cccc(C5(c6ccccc6)c6ccccc6-c6ccccc65)c4)c3)n2)cc1. The number of nitrogens with zero attached hydrogens (tertiary/aromatic N) is 2. The van der Waals surface area contributed by atoms with Gasteiger partial charge in [-0.2, -0.15) is 0 Å². The summed E-state index contributed by atoms with van der Waals surface area (Å²) in [5.41, 5.74) is 18.3. The smallest absolute Gasteiger partial charge is 0.160 e. The second-order valence-corrected chi connectivity index (χ2v) is 16.1. The largest absolute Gasteiger partial charge is 0.456 e. The molecule has 0 atom stereocenters. The first kappa shape index (κ1) is 35.8. The molecular weight excluding hydrogens is 753 g/mol. The minimum Gasteiger partial charge on any atom is -0.456 e. The number of fused-ring (bicyclic) bond motifs is 6. The van der Waals surface area contributed by atoms with Crippen LogP contribution in [0.5, 0.6) is 0 Å². The minimum absolute atomic E-state index is 0.468. The van der Waals surface area contributed by atoms with E-state index in [1.54, 1.807) is 0 Å². The molecule has 0 unspecified atom stereocenters. The van der Waals surface area contributed by atoms with Crippen molar-refractivity contribution in [3.05, 3.63) is 253 Å². The number of aromatic nitrogens is 2. The highest BCUT2D eigenvalue weighted by atomic mass is 16.3. The Morgan fingerprint density at radius 1 is 0.306 bits per heavy atom. The van der Waals surface area contributed by atoms with Crippen molar-refractivity contribution < 1.29 is 4.42 Å². The first-order chi connectivity index (χ1) is 30.7. The van der Waals surface area contributed by atoms with Crippen LogP contribution in [0.2, 0.25) is 0 Å². The minimum atomic E-state index is -0.468. The van der Waals surface area contributed by atoms with Gasteiger partial charge in [-0.1, -0.05) is 194 Å². The number of benzene rings is 9. The quantitative estimate of drug-likeness (QED) is 0.161. The first-order valence-corrected chi connectivity index (χ1v) is 21.1. The van der Waals surface area contributed by atoms with Crippen molar-refractivity contribution >= 4 is 21.9 Å². The van der Waals surface area contributed by atoms with Crippen molar-refractivity contribution in [2.45, 2.75) is 5.41 Å². The molecule has 0 bridgehead atoms. The lowest BCUT2D eigenvalue weighted by Crippen LogP contribution is -2.28.